The van der Waals surface area contributed by atoms with Gasteiger partial charge in [0.15, 0.2) is 5.17 Å². The van der Waals surface area contributed by atoms with Crippen LogP contribution in [-0.2, 0) is 4.79 Å². The molecular formula is C27H22ClN3OS. The molecule has 3 aromatic carbocycles. The fraction of sp³-hybridized carbons (Fsp3) is 0.111. The van der Waals surface area contributed by atoms with Gasteiger partial charge < -0.3 is 9.88 Å². The van der Waals surface area contributed by atoms with Crippen LogP contribution >= 0.6 is 23.4 Å². The van der Waals surface area contributed by atoms with E-state index < -0.39 is 0 Å². The molecule has 0 bridgehead atoms. The molecule has 0 aliphatic carbocycles. The molecule has 0 radical (unpaired) electrons. The lowest BCUT2D eigenvalue weighted by atomic mass is 10.1. The van der Waals surface area contributed by atoms with Crippen molar-refractivity contribution in [3.05, 3.63) is 99.2 Å². The molecule has 0 spiro atoms. The highest BCUT2D eigenvalue weighted by molar-refractivity contribution is 8.18. The summed E-state index contributed by atoms with van der Waals surface area (Å²) in [6, 6.07) is 22.5. The van der Waals surface area contributed by atoms with Gasteiger partial charge in [0.1, 0.15) is 0 Å². The van der Waals surface area contributed by atoms with Crippen molar-refractivity contribution in [2.75, 3.05) is 0 Å². The number of thioether (sulfide) groups is 1. The topological polar surface area (TPSA) is 46.4 Å². The number of aryl methyl sites for hydroxylation is 2. The van der Waals surface area contributed by atoms with Crippen LogP contribution in [0.2, 0.25) is 5.02 Å². The highest BCUT2D eigenvalue weighted by Crippen LogP contribution is 2.32. The number of aromatic nitrogens is 1. The van der Waals surface area contributed by atoms with E-state index in [1.807, 2.05) is 31.2 Å². The molecule has 1 aliphatic heterocycles. The molecule has 0 atom stereocenters. The number of halogens is 1. The third kappa shape index (κ3) is 4.22. The molecule has 6 heteroatoms. The van der Waals surface area contributed by atoms with E-state index in [0.717, 1.165) is 28.2 Å². The predicted molar refractivity (Wildman–Crippen MR) is 140 cm³/mol. The van der Waals surface area contributed by atoms with Crippen LogP contribution in [-0.4, -0.2) is 15.6 Å². The second kappa shape index (κ2) is 8.58. The van der Waals surface area contributed by atoms with Crippen molar-refractivity contribution in [1.29, 1.82) is 0 Å². The summed E-state index contributed by atoms with van der Waals surface area (Å²) in [6.07, 6.45) is 1.94. The Balaban J connectivity index is 1.46. The standard InChI is InChI=1S/C27H22ClN3OS/c1-16-8-10-22(15-24(16)28)29-27-30-26(32)25(33-27)14-21-12-17(2)31(18(21)3)23-11-9-19-6-4-5-7-20(19)13-23/h4-15H,1-3H3,(H,29,30,32)/b25-14-. The Morgan fingerprint density at radius 3 is 2.55 bits per heavy atom. The average molecular weight is 472 g/mol. The van der Waals surface area contributed by atoms with E-state index in [1.165, 1.54) is 22.5 Å². The second-order valence-electron chi connectivity index (χ2n) is 8.11. The van der Waals surface area contributed by atoms with Crippen LogP contribution in [0.1, 0.15) is 22.5 Å². The quantitative estimate of drug-likeness (QED) is 0.324. The van der Waals surface area contributed by atoms with Gasteiger partial charge in [0.05, 0.1) is 10.6 Å². The maximum atomic E-state index is 12.6. The minimum absolute atomic E-state index is 0.146. The lowest BCUT2D eigenvalue weighted by Crippen LogP contribution is -2.19. The van der Waals surface area contributed by atoms with E-state index in [4.69, 9.17) is 11.6 Å². The summed E-state index contributed by atoms with van der Waals surface area (Å²) in [5, 5.41) is 6.48. The summed E-state index contributed by atoms with van der Waals surface area (Å²) in [6.45, 7) is 6.11. The van der Waals surface area contributed by atoms with E-state index in [-0.39, 0.29) is 5.91 Å². The third-order valence-corrected chi connectivity index (χ3v) is 7.10. The van der Waals surface area contributed by atoms with Crippen LogP contribution in [0, 0.1) is 20.8 Å². The van der Waals surface area contributed by atoms with Gasteiger partial charge in [0.2, 0.25) is 0 Å². The Hall–Kier alpha value is -3.28. The maximum absolute atomic E-state index is 12.6. The number of carbonyl (C=O) groups is 1. The van der Waals surface area contributed by atoms with Crippen molar-refractivity contribution in [2.24, 2.45) is 4.99 Å². The van der Waals surface area contributed by atoms with Crippen molar-refractivity contribution in [3.63, 3.8) is 0 Å². The number of hydrogen-bond acceptors (Lipinski definition) is 3. The lowest BCUT2D eigenvalue weighted by Gasteiger charge is -2.11. The van der Waals surface area contributed by atoms with Gasteiger partial charge in [0.25, 0.3) is 5.91 Å². The number of amides is 1. The van der Waals surface area contributed by atoms with Crippen LogP contribution in [0.25, 0.3) is 22.5 Å². The number of rotatable bonds is 3. The first-order chi connectivity index (χ1) is 15.9. The molecule has 1 saturated heterocycles. The molecule has 1 N–H and O–H groups in total. The van der Waals surface area contributed by atoms with Crippen LogP contribution in [0.15, 0.2) is 76.6 Å². The number of hydrogen-bond donors (Lipinski definition) is 1. The average Bonchev–Trinajstić information content (AvgIpc) is 3.28. The summed E-state index contributed by atoms with van der Waals surface area (Å²) in [7, 11) is 0. The lowest BCUT2D eigenvalue weighted by molar-refractivity contribution is -0.115. The Kier molecular flexibility index (Phi) is 5.60. The first-order valence-corrected chi connectivity index (χ1v) is 11.8. The minimum Gasteiger partial charge on any atom is -0.318 e. The molecule has 4 aromatic rings. The zero-order valence-electron chi connectivity index (χ0n) is 18.5. The van der Waals surface area contributed by atoms with Gasteiger partial charge >= 0.3 is 0 Å². The monoisotopic (exact) mass is 471 g/mol. The van der Waals surface area contributed by atoms with Gasteiger partial charge in [-0.3, -0.25) is 4.79 Å². The fourth-order valence-corrected chi connectivity index (χ4v) is 5.04. The minimum atomic E-state index is -0.146. The van der Waals surface area contributed by atoms with Crippen molar-refractivity contribution in [1.82, 2.24) is 9.88 Å². The van der Waals surface area contributed by atoms with Crippen LogP contribution in [0.3, 0.4) is 0 Å². The van der Waals surface area contributed by atoms with Crippen molar-refractivity contribution in [2.45, 2.75) is 20.8 Å². The molecule has 0 saturated carbocycles. The van der Waals surface area contributed by atoms with E-state index in [9.17, 15) is 4.79 Å². The van der Waals surface area contributed by atoms with Crippen LogP contribution < -0.4 is 5.32 Å². The summed E-state index contributed by atoms with van der Waals surface area (Å²) < 4.78 is 2.22. The Morgan fingerprint density at radius 1 is 0.970 bits per heavy atom. The molecule has 33 heavy (non-hydrogen) atoms. The highest BCUT2D eigenvalue weighted by Gasteiger charge is 2.24. The summed E-state index contributed by atoms with van der Waals surface area (Å²) in [5.41, 5.74) is 6.02. The van der Waals surface area contributed by atoms with Crippen LogP contribution in [0.4, 0.5) is 5.69 Å². The van der Waals surface area contributed by atoms with E-state index in [2.05, 4.69) is 71.2 Å². The number of benzene rings is 3. The van der Waals surface area contributed by atoms with Gasteiger partial charge in [-0.25, -0.2) is 4.99 Å². The number of amidine groups is 1. The Bertz CT molecular complexity index is 1480. The van der Waals surface area contributed by atoms with Crippen LogP contribution in [0.5, 0.6) is 0 Å². The van der Waals surface area contributed by atoms with Crippen molar-refractivity contribution >= 4 is 57.0 Å². The number of aliphatic imine (C=N–C) groups is 1. The van der Waals surface area contributed by atoms with E-state index in [0.29, 0.717) is 20.8 Å². The first-order valence-electron chi connectivity index (χ1n) is 10.6. The zero-order chi connectivity index (χ0) is 23.1. The molecule has 2 heterocycles. The van der Waals surface area contributed by atoms with E-state index in [1.54, 1.807) is 6.07 Å². The normalized spacial score (nSPS) is 16.2. The number of carbonyl (C=O) groups excluding carboxylic acids is 1. The maximum Gasteiger partial charge on any atom is 0.264 e. The van der Waals surface area contributed by atoms with Gasteiger partial charge in [-0.1, -0.05) is 48.0 Å². The molecule has 5 rings (SSSR count). The number of nitrogens with zero attached hydrogens (tertiary/aromatic N) is 2. The van der Waals surface area contributed by atoms with Gasteiger partial charge in [-0.15, -0.1) is 0 Å². The Labute approximate surface area is 202 Å². The Morgan fingerprint density at radius 2 is 1.76 bits per heavy atom. The summed E-state index contributed by atoms with van der Waals surface area (Å²) in [4.78, 5) is 17.8. The number of nitrogens with one attached hydrogen (secondary N) is 1. The summed E-state index contributed by atoms with van der Waals surface area (Å²) in [5.74, 6) is -0.146. The molecule has 164 valence electrons. The van der Waals surface area contributed by atoms with Crippen molar-refractivity contribution < 1.29 is 4.79 Å². The SMILES string of the molecule is Cc1ccc(N=C2NC(=O)/C(=C/c3cc(C)n(-c4ccc5ccccc5c4)c3C)S2)cc1Cl. The van der Waals surface area contributed by atoms with Crippen molar-refractivity contribution in [3.8, 4) is 5.69 Å². The number of fused-ring (bicyclic) bond motifs is 1. The molecular weight excluding hydrogens is 450 g/mol. The smallest absolute Gasteiger partial charge is 0.264 e. The molecule has 1 aromatic heterocycles. The highest BCUT2D eigenvalue weighted by atomic mass is 35.5. The molecule has 0 unspecified atom stereocenters. The fourth-order valence-electron chi connectivity index (χ4n) is 4.04. The zero-order valence-corrected chi connectivity index (χ0v) is 20.1. The van der Waals surface area contributed by atoms with Gasteiger partial charge in [-0.05, 0) is 90.8 Å². The molecule has 1 amide bonds. The first kappa shape index (κ1) is 21.6. The second-order valence-corrected chi connectivity index (χ2v) is 9.55. The summed E-state index contributed by atoms with van der Waals surface area (Å²) >= 11 is 7.54. The molecule has 1 fully saturated rings. The van der Waals surface area contributed by atoms with Gasteiger partial charge in [-0.2, -0.15) is 0 Å². The van der Waals surface area contributed by atoms with E-state index >= 15 is 0 Å². The molecule has 4 nitrogen and oxygen atoms in total. The molecule has 1 aliphatic rings. The predicted octanol–water partition coefficient (Wildman–Crippen LogP) is 7.10. The van der Waals surface area contributed by atoms with Gasteiger partial charge in [0, 0.05) is 22.1 Å². The largest absolute Gasteiger partial charge is 0.318 e. The third-order valence-electron chi connectivity index (χ3n) is 5.79.